The number of aryl methyl sites for hydroxylation is 1. The van der Waals surface area contributed by atoms with Crippen LogP contribution in [0.4, 0.5) is 28.6 Å². The fourth-order valence-corrected chi connectivity index (χ4v) is 8.56. The number of fused-ring (bicyclic) bond motifs is 7. The van der Waals surface area contributed by atoms with Crippen molar-refractivity contribution in [2.75, 3.05) is 44.3 Å². The standard InChI is InChI=1S/C36H38F3N7O5/c1-35-15-21(37)17-45(18-35)31-25-16-41-29(28(39)30(25)42-33(43-31)50-19-36-8-3-10-46(36)11-4-9-36)24-14-22(51-32(40)47)13-20-6-7-26(38)23(27(20)24)5-2-12-49-34(48)44-35/h6-7,13-14,16,21H,2-5,8-12,15,17-19H2,1H3,(H2,40,47)(H,44,48). The number of hydrogen-bond acceptors (Lipinski definition) is 10. The predicted molar refractivity (Wildman–Crippen MR) is 182 cm³/mol. The molecule has 5 aliphatic rings. The Kier molecular flexibility index (Phi) is 8.27. The summed E-state index contributed by atoms with van der Waals surface area (Å²) in [7, 11) is 0. The van der Waals surface area contributed by atoms with Gasteiger partial charge in [-0.3, -0.25) is 9.88 Å². The Hall–Kier alpha value is -4.92. The van der Waals surface area contributed by atoms with E-state index in [1.165, 1.54) is 30.5 Å². The van der Waals surface area contributed by atoms with Crippen LogP contribution in [-0.2, 0) is 11.2 Å². The zero-order valence-electron chi connectivity index (χ0n) is 28.1. The minimum absolute atomic E-state index is 0.000627. The van der Waals surface area contributed by atoms with Crippen molar-refractivity contribution < 1.29 is 37.0 Å². The summed E-state index contributed by atoms with van der Waals surface area (Å²) in [6.07, 6.45) is 2.55. The molecule has 268 valence electrons. The number of primary amides is 1. The third-order valence-electron chi connectivity index (χ3n) is 10.7. The van der Waals surface area contributed by atoms with Gasteiger partial charge in [-0.25, -0.2) is 22.8 Å². The number of nitrogens with two attached hydrogens (primary N) is 1. The lowest BCUT2D eigenvalue weighted by atomic mass is 9.90. The molecule has 2 aromatic carbocycles. The summed E-state index contributed by atoms with van der Waals surface area (Å²) >= 11 is 0. The lowest BCUT2D eigenvalue weighted by Gasteiger charge is -2.42. The maximum atomic E-state index is 17.2. The molecule has 0 radical (unpaired) electrons. The van der Waals surface area contributed by atoms with Crippen LogP contribution in [0, 0.1) is 11.6 Å². The number of halogens is 3. The SMILES string of the molecule is CC12CC(F)CN(C1)c1nc(OCC34CCCN3CCC4)nc3c(F)c(ncc13)-c1cc(OC(N)=O)cc3ccc(F)c(c13)CCCOC(=O)N2. The van der Waals surface area contributed by atoms with Crippen molar-refractivity contribution in [2.24, 2.45) is 5.73 Å². The molecular formula is C36H38F3N7O5. The molecule has 3 N–H and O–H groups in total. The Balaban J connectivity index is 1.34. The van der Waals surface area contributed by atoms with Gasteiger partial charge in [-0.15, -0.1) is 0 Å². The Labute approximate surface area is 291 Å². The zero-order chi connectivity index (χ0) is 35.5. The van der Waals surface area contributed by atoms with Crippen molar-refractivity contribution in [3.63, 3.8) is 0 Å². The van der Waals surface area contributed by atoms with E-state index in [0.29, 0.717) is 17.4 Å². The number of anilines is 1. The summed E-state index contributed by atoms with van der Waals surface area (Å²) in [5.41, 5.74) is 4.11. The molecule has 15 heteroatoms. The van der Waals surface area contributed by atoms with Crippen molar-refractivity contribution in [3.05, 3.63) is 47.7 Å². The van der Waals surface area contributed by atoms with Crippen LogP contribution < -0.4 is 25.4 Å². The molecule has 3 fully saturated rings. The summed E-state index contributed by atoms with van der Waals surface area (Å²) in [5, 5.41) is 3.77. The van der Waals surface area contributed by atoms with Crippen molar-refractivity contribution in [1.82, 2.24) is 25.2 Å². The summed E-state index contributed by atoms with van der Waals surface area (Å²) in [4.78, 5) is 42.7. The molecule has 0 saturated carbocycles. The number of amides is 2. The second-order valence-electron chi connectivity index (χ2n) is 14.3. The number of carbonyl (C=O) groups is 2. The molecule has 5 aliphatic heterocycles. The summed E-state index contributed by atoms with van der Waals surface area (Å²) in [6, 6.07) is 5.54. The fourth-order valence-electron chi connectivity index (χ4n) is 8.56. The number of pyridine rings is 1. The van der Waals surface area contributed by atoms with Crippen molar-refractivity contribution in [1.29, 1.82) is 0 Å². The molecule has 51 heavy (non-hydrogen) atoms. The maximum Gasteiger partial charge on any atom is 0.409 e. The van der Waals surface area contributed by atoms with Gasteiger partial charge in [-0.05, 0) is 93.1 Å². The number of nitrogens with one attached hydrogen (secondary N) is 1. The average Bonchev–Trinajstić information content (AvgIpc) is 3.66. The van der Waals surface area contributed by atoms with Gasteiger partial charge in [0.15, 0.2) is 5.82 Å². The molecule has 3 saturated heterocycles. The Morgan fingerprint density at radius 3 is 2.75 bits per heavy atom. The Bertz CT molecular complexity index is 2060. The van der Waals surface area contributed by atoms with E-state index < -0.39 is 35.5 Å². The Morgan fingerprint density at radius 2 is 1.96 bits per heavy atom. The number of carbonyl (C=O) groups excluding carboxylic acids is 2. The summed E-state index contributed by atoms with van der Waals surface area (Å²) in [6.45, 7) is 3.94. The average molecular weight is 706 g/mol. The van der Waals surface area contributed by atoms with E-state index in [2.05, 4.69) is 20.2 Å². The maximum absolute atomic E-state index is 17.2. The van der Waals surface area contributed by atoms with Gasteiger partial charge >= 0.3 is 18.2 Å². The van der Waals surface area contributed by atoms with Crippen LogP contribution in [0.3, 0.4) is 0 Å². The highest BCUT2D eigenvalue weighted by Gasteiger charge is 2.45. The van der Waals surface area contributed by atoms with E-state index in [1.807, 2.05) is 0 Å². The van der Waals surface area contributed by atoms with E-state index in [9.17, 15) is 9.59 Å². The first-order chi connectivity index (χ1) is 24.5. The van der Waals surface area contributed by atoms with E-state index in [0.717, 1.165) is 38.8 Å². The Morgan fingerprint density at radius 1 is 1.16 bits per heavy atom. The zero-order valence-corrected chi connectivity index (χ0v) is 28.1. The molecule has 2 amide bonds. The quantitative estimate of drug-likeness (QED) is 0.277. The second-order valence-corrected chi connectivity index (χ2v) is 14.3. The molecule has 2 unspecified atom stereocenters. The first kappa shape index (κ1) is 33.2. The molecule has 0 spiro atoms. The molecule has 2 atom stereocenters. The van der Waals surface area contributed by atoms with Gasteiger partial charge in [-0.2, -0.15) is 9.97 Å². The molecule has 4 aromatic rings. The fraction of sp³-hybridized carbons (Fsp3) is 0.472. The first-order valence-corrected chi connectivity index (χ1v) is 17.3. The highest BCUT2D eigenvalue weighted by Crippen LogP contribution is 2.42. The molecule has 6 bridgehead atoms. The van der Waals surface area contributed by atoms with Gasteiger partial charge in [0.05, 0.1) is 29.6 Å². The molecule has 7 heterocycles. The van der Waals surface area contributed by atoms with Gasteiger partial charge < -0.3 is 30.2 Å². The summed E-state index contributed by atoms with van der Waals surface area (Å²) in [5.74, 6) is -1.23. The van der Waals surface area contributed by atoms with Crippen LogP contribution in [0.15, 0.2) is 30.5 Å². The number of benzene rings is 2. The molecule has 0 aliphatic carbocycles. The minimum Gasteiger partial charge on any atom is -0.461 e. The minimum atomic E-state index is -1.37. The van der Waals surface area contributed by atoms with Crippen molar-refractivity contribution in [3.8, 4) is 23.0 Å². The van der Waals surface area contributed by atoms with Crippen LogP contribution in [0.1, 0.15) is 51.0 Å². The third-order valence-corrected chi connectivity index (χ3v) is 10.7. The monoisotopic (exact) mass is 705 g/mol. The molecule has 12 nitrogen and oxygen atoms in total. The number of nitrogens with zero attached hydrogens (tertiary/aromatic N) is 5. The van der Waals surface area contributed by atoms with Crippen molar-refractivity contribution >= 4 is 39.7 Å². The van der Waals surface area contributed by atoms with Gasteiger partial charge in [0, 0.05) is 24.7 Å². The number of aromatic nitrogens is 3. The van der Waals surface area contributed by atoms with E-state index in [1.54, 1.807) is 11.8 Å². The largest absolute Gasteiger partial charge is 0.461 e. The van der Waals surface area contributed by atoms with Gasteiger partial charge in [0.2, 0.25) is 0 Å². The lowest BCUT2D eigenvalue weighted by molar-refractivity contribution is 0.107. The van der Waals surface area contributed by atoms with Crippen LogP contribution in [0.5, 0.6) is 11.8 Å². The van der Waals surface area contributed by atoms with E-state index in [-0.39, 0.29) is 89.8 Å². The number of ether oxygens (including phenoxy) is 3. The van der Waals surface area contributed by atoms with Crippen molar-refractivity contribution in [2.45, 2.75) is 69.1 Å². The van der Waals surface area contributed by atoms with Crippen LogP contribution in [0.2, 0.25) is 0 Å². The van der Waals surface area contributed by atoms with Crippen LogP contribution in [0.25, 0.3) is 32.9 Å². The number of rotatable bonds is 4. The first-order valence-electron chi connectivity index (χ1n) is 17.3. The highest BCUT2D eigenvalue weighted by atomic mass is 19.1. The highest BCUT2D eigenvalue weighted by molar-refractivity contribution is 6.02. The second kappa shape index (κ2) is 12.7. The molecular weight excluding hydrogens is 667 g/mol. The predicted octanol–water partition coefficient (Wildman–Crippen LogP) is 5.57. The number of alkyl carbamates (subject to hydrolysis) is 1. The smallest absolute Gasteiger partial charge is 0.409 e. The number of hydrogen-bond donors (Lipinski definition) is 2. The van der Waals surface area contributed by atoms with Gasteiger partial charge in [0.1, 0.15) is 41.4 Å². The van der Waals surface area contributed by atoms with E-state index >= 15 is 13.2 Å². The van der Waals surface area contributed by atoms with E-state index in [4.69, 9.17) is 24.9 Å². The number of piperidine rings is 1. The third kappa shape index (κ3) is 6.10. The topological polar surface area (TPSA) is 145 Å². The summed E-state index contributed by atoms with van der Waals surface area (Å²) < 4.78 is 65.3. The molecule has 9 rings (SSSR count). The normalized spacial score (nSPS) is 23.3. The van der Waals surface area contributed by atoms with Gasteiger partial charge in [0.25, 0.3) is 0 Å². The van der Waals surface area contributed by atoms with Gasteiger partial charge in [-0.1, -0.05) is 6.07 Å². The number of alkyl halides is 1. The van der Waals surface area contributed by atoms with Crippen LogP contribution >= 0.6 is 0 Å². The lowest BCUT2D eigenvalue weighted by Crippen LogP contribution is -2.60. The van der Waals surface area contributed by atoms with Crippen LogP contribution in [-0.4, -0.2) is 88.7 Å². The molecule has 2 aromatic heterocycles.